The Bertz CT molecular complexity index is 1080. The average Bonchev–Trinajstić information content (AvgIpc) is 3.21. The molecule has 1 aromatic carbocycles. The molecule has 2 atom stereocenters. The first-order valence-corrected chi connectivity index (χ1v) is 14.3. The van der Waals surface area contributed by atoms with E-state index in [4.69, 9.17) is 9.47 Å². The zero-order chi connectivity index (χ0) is 29.2. The Balaban J connectivity index is 1.57. The number of carbonyl (C=O) groups excluding carboxylic acids is 2. The van der Waals surface area contributed by atoms with Crippen LogP contribution in [-0.4, -0.2) is 72.0 Å². The van der Waals surface area contributed by atoms with Gasteiger partial charge < -0.3 is 20.1 Å². The topological polar surface area (TPSA) is 105 Å². The highest BCUT2D eigenvalue weighted by Crippen LogP contribution is 2.22. The summed E-state index contributed by atoms with van der Waals surface area (Å²) in [4.78, 5) is 31.4. The standard InChI is InChI=1S/C31H47N5O4/c1-30(2,3)39-28(37)33-18-19-36-21-24(26(22-36)32-17-11-14-23-12-8-7-9-13-23)20-25-15-10-16-27(34-25)35-29(38)40-31(4,5)6/h7-10,12-13,15-16,24,26,32H,11,14,17-22H2,1-6H3,(H,33,37)(H,34,35,38)/t24-,26+/m0/s1. The Morgan fingerprint density at radius 3 is 2.30 bits per heavy atom. The van der Waals surface area contributed by atoms with E-state index in [1.165, 1.54) is 5.56 Å². The van der Waals surface area contributed by atoms with Crippen LogP contribution in [0.2, 0.25) is 0 Å². The maximum Gasteiger partial charge on any atom is 0.413 e. The second kappa shape index (κ2) is 14.5. The van der Waals surface area contributed by atoms with Crippen molar-refractivity contribution in [1.29, 1.82) is 0 Å². The fraction of sp³-hybridized carbons (Fsp3) is 0.581. The van der Waals surface area contributed by atoms with Crippen molar-refractivity contribution in [3.8, 4) is 0 Å². The summed E-state index contributed by atoms with van der Waals surface area (Å²) >= 11 is 0. The second-order valence-corrected chi connectivity index (χ2v) is 12.4. The van der Waals surface area contributed by atoms with Gasteiger partial charge in [0.1, 0.15) is 17.0 Å². The van der Waals surface area contributed by atoms with E-state index in [2.05, 4.69) is 50.1 Å². The van der Waals surface area contributed by atoms with Crippen LogP contribution in [0.25, 0.3) is 0 Å². The van der Waals surface area contributed by atoms with Crippen molar-refractivity contribution in [2.24, 2.45) is 5.92 Å². The van der Waals surface area contributed by atoms with Crippen molar-refractivity contribution in [3.63, 3.8) is 0 Å². The molecule has 1 aromatic heterocycles. The molecule has 0 saturated carbocycles. The Hall–Kier alpha value is -3.17. The van der Waals surface area contributed by atoms with E-state index in [0.29, 0.717) is 24.3 Å². The molecule has 9 heteroatoms. The monoisotopic (exact) mass is 553 g/mol. The summed E-state index contributed by atoms with van der Waals surface area (Å²) < 4.78 is 10.7. The molecule has 1 aliphatic heterocycles. The molecular weight excluding hydrogens is 506 g/mol. The van der Waals surface area contributed by atoms with Gasteiger partial charge in [-0.2, -0.15) is 0 Å². The molecule has 3 N–H and O–H groups in total. The predicted molar refractivity (Wildman–Crippen MR) is 159 cm³/mol. The molecule has 0 unspecified atom stereocenters. The van der Waals surface area contributed by atoms with Gasteiger partial charge in [0.05, 0.1) is 0 Å². The summed E-state index contributed by atoms with van der Waals surface area (Å²) in [6.07, 6.45) is 1.96. The van der Waals surface area contributed by atoms with Crippen molar-refractivity contribution in [3.05, 3.63) is 59.8 Å². The molecule has 0 bridgehead atoms. The maximum absolute atomic E-state index is 12.2. The van der Waals surface area contributed by atoms with Gasteiger partial charge in [0.15, 0.2) is 0 Å². The van der Waals surface area contributed by atoms with Crippen LogP contribution in [-0.2, 0) is 22.3 Å². The third-order valence-electron chi connectivity index (χ3n) is 6.41. The van der Waals surface area contributed by atoms with Gasteiger partial charge in [-0.3, -0.25) is 10.2 Å². The third-order valence-corrected chi connectivity index (χ3v) is 6.41. The molecule has 1 fully saturated rings. The Kier molecular flexibility index (Phi) is 11.3. The van der Waals surface area contributed by atoms with E-state index in [1.54, 1.807) is 6.07 Å². The first kappa shape index (κ1) is 31.4. The van der Waals surface area contributed by atoms with Crippen LogP contribution in [0.3, 0.4) is 0 Å². The van der Waals surface area contributed by atoms with E-state index in [-0.39, 0.29) is 0 Å². The summed E-state index contributed by atoms with van der Waals surface area (Å²) in [6, 6.07) is 16.5. The lowest BCUT2D eigenvalue weighted by Gasteiger charge is -2.21. The van der Waals surface area contributed by atoms with Crippen molar-refractivity contribution in [2.45, 2.75) is 78.0 Å². The number of anilines is 1. The number of benzene rings is 1. The molecule has 0 aliphatic carbocycles. The van der Waals surface area contributed by atoms with E-state index in [0.717, 1.165) is 51.1 Å². The number of pyridine rings is 1. The molecule has 0 radical (unpaired) electrons. The molecule has 2 heterocycles. The van der Waals surface area contributed by atoms with Crippen molar-refractivity contribution < 1.29 is 19.1 Å². The number of hydrogen-bond donors (Lipinski definition) is 3. The molecule has 1 aliphatic rings. The fourth-order valence-corrected chi connectivity index (χ4v) is 4.78. The number of alkyl carbamates (subject to hydrolysis) is 1. The van der Waals surface area contributed by atoms with Gasteiger partial charge >= 0.3 is 12.2 Å². The number of ether oxygens (including phenoxy) is 2. The zero-order valence-electron chi connectivity index (χ0n) is 25.0. The molecule has 2 amide bonds. The van der Waals surface area contributed by atoms with E-state index >= 15 is 0 Å². The quantitative estimate of drug-likeness (QED) is 0.336. The molecule has 9 nitrogen and oxygen atoms in total. The van der Waals surface area contributed by atoms with Crippen molar-refractivity contribution in [1.82, 2.24) is 20.5 Å². The van der Waals surface area contributed by atoms with Crippen molar-refractivity contribution >= 4 is 18.0 Å². The maximum atomic E-state index is 12.2. The molecule has 40 heavy (non-hydrogen) atoms. The second-order valence-electron chi connectivity index (χ2n) is 12.4. The number of amides is 2. The number of aryl methyl sites for hydroxylation is 1. The van der Waals surface area contributed by atoms with Gasteiger partial charge in [-0.25, -0.2) is 14.6 Å². The number of nitrogens with zero attached hydrogens (tertiary/aromatic N) is 2. The Morgan fingerprint density at radius 2 is 1.60 bits per heavy atom. The lowest BCUT2D eigenvalue weighted by Crippen LogP contribution is -2.39. The molecular formula is C31H47N5O4. The molecule has 3 rings (SSSR count). The van der Waals surface area contributed by atoms with Crippen LogP contribution in [0.4, 0.5) is 15.4 Å². The van der Waals surface area contributed by atoms with Gasteiger partial charge in [-0.1, -0.05) is 36.4 Å². The summed E-state index contributed by atoms with van der Waals surface area (Å²) in [5.74, 6) is 0.818. The van der Waals surface area contributed by atoms with Crippen LogP contribution in [0.1, 0.15) is 59.2 Å². The Morgan fingerprint density at radius 1 is 0.900 bits per heavy atom. The van der Waals surface area contributed by atoms with E-state index < -0.39 is 23.4 Å². The first-order chi connectivity index (χ1) is 18.9. The third kappa shape index (κ3) is 11.9. The molecule has 2 aromatic rings. The largest absolute Gasteiger partial charge is 0.444 e. The highest BCUT2D eigenvalue weighted by atomic mass is 16.6. The highest BCUT2D eigenvalue weighted by Gasteiger charge is 2.32. The van der Waals surface area contributed by atoms with Crippen LogP contribution >= 0.6 is 0 Å². The molecule has 220 valence electrons. The van der Waals surface area contributed by atoms with Crippen molar-refractivity contribution in [2.75, 3.05) is 38.0 Å². The van der Waals surface area contributed by atoms with Crippen LogP contribution in [0.15, 0.2) is 48.5 Å². The predicted octanol–water partition coefficient (Wildman–Crippen LogP) is 5.02. The summed E-state index contributed by atoms with van der Waals surface area (Å²) in [6.45, 7) is 15.0. The van der Waals surface area contributed by atoms with Gasteiger partial charge in [-0.15, -0.1) is 0 Å². The smallest absolute Gasteiger partial charge is 0.413 e. The van der Waals surface area contributed by atoms with E-state index in [9.17, 15) is 9.59 Å². The van der Waals surface area contributed by atoms with Crippen LogP contribution < -0.4 is 16.0 Å². The first-order valence-electron chi connectivity index (χ1n) is 14.3. The van der Waals surface area contributed by atoms with Gasteiger partial charge in [0.2, 0.25) is 0 Å². The summed E-state index contributed by atoms with van der Waals surface area (Å²) in [5, 5.41) is 9.40. The van der Waals surface area contributed by atoms with Gasteiger partial charge in [0, 0.05) is 37.9 Å². The lowest BCUT2D eigenvalue weighted by molar-refractivity contribution is 0.0522. The Labute approximate surface area is 239 Å². The minimum atomic E-state index is -0.577. The molecule has 0 spiro atoms. The number of nitrogens with one attached hydrogen (secondary N) is 3. The number of aromatic nitrogens is 1. The zero-order valence-corrected chi connectivity index (χ0v) is 25.0. The number of hydrogen-bond acceptors (Lipinski definition) is 7. The SMILES string of the molecule is CC(C)(C)OC(=O)NCCN1C[C@H](Cc2cccc(NC(=O)OC(C)(C)C)n2)[C@H](NCCCc2ccccc2)C1. The highest BCUT2D eigenvalue weighted by molar-refractivity contribution is 5.83. The summed E-state index contributed by atoms with van der Waals surface area (Å²) in [5.41, 5.74) is 1.17. The van der Waals surface area contributed by atoms with Crippen LogP contribution in [0, 0.1) is 5.92 Å². The number of likely N-dealkylation sites (tertiary alicyclic amines) is 1. The van der Waals surface area contributed by atoms with Crippen LogP contribution in [0.5, 0.6) is 0 Å². The number of rotatable bonds is 11. The average molecular weight is 554 g/mol. The minimum absolute atomic E-state index is 0.293. The van der Waals surface area contributed by atoms with Gasteiger partial charge in [0.25, 0.3) is 0 Å². The molecule has 1 saturated heterocycles. The number of carbonyl (C=O) groups is 2. The minimum Gasteiger partial charge on any atom is -0.444 e. The summed E-state index contributed by atoms with van der Waals surface area (Å²) in [7, 11) is 0. The van der Waals surface area contributed by atoms with Gasteiger partial charge in [-0.05, 0) is 91.0 Å². The fourth-order valence-electron chi connectivity index (χ4n) is 4.78. The van der Waals surface area contributed by atoms with E-state index in [1.807, 2.05) is 59.7 Å². The lowest BCUT2D eigenvalue weighted by atomic mass is 9.97. The normalized spacial score (nSPS) is 17.9.